The predicted molar refractivity (Wildman–Crippen MR) is 78.2 cm³/mol. The highest BCUT2D eigenvalue weighted by molar-refractivity contribution is 6.33. The van der Waals surface area contributed by atoms with E-state index in [1.165, 1.54) is 0 Å². The van der Waals surface area contributed by atoms with Crippen molar-refractivity contribution >= 4 is 17.5 Å². The first-order valence-electron chi connectivity index (χ1n) is 6.99. The molecule has 20 heavy (non-hydrogen) atoms. The van der Waals surface area contributed by atoms with Crippen LogP contribution in [0.15, 0.2) is 24.3 Å². The van der Waals surface area contributed by atoms with Gasteiger partial charge in [0.05, 0.1) is 23.3 Å². The van der Waals surface area contributed by atoms with Crippen molar-refractivity contribution in [1.29, 1.82) is 0 Å². The van der Waals surface area contributed by atoms with Gasteiger partial charge in [-0.15, -0.1) is 0 Å². The van der Waals surface area contributed by atoms with Crippen LogP contribution in [0, 0.1) is 0 Å². The van der Waals surface area contributed by atoms with E-state index in [9.17, 15) is 4.79 Å². The van der Waals surface area contributed by atoms with Crippen LogP contribution in [0.3, 0.4) is 0 Å². The molecular weight excluding hydrogens is 278 g/mol. The molecule has 0 bridgehead atoms. The van der Waals surface area contributed by atoms with Crippen LogP contribution in [0.4, 0.5) is 0 Å². The van der Waals surface area contributed by atoms with Crippen molar-refractivity contribution in [3.05, 3.63) is 34.9 Å². The molecule has 1 aromatic carbocycles. The lowest BCUT2D eigenvalue weighted by Gasteiger charge is -2.10. The average molecular weight is 298 g/mol. The van der Waals surface area contributed by atoms with Crippen molar-refractivity contribution in [2.45, 2.75) is 25.4 Å². The smallest absolute Gasteiger partial charge is 0.252 e. The summed E-state index contributed by atoms with van der Waals surface area (Å²) in [4.78, 5) is 11.9. The summed E-state index contributed by atoms with van der Waals surface area (Å²) in [6.07, 6.45) is 3.25. The first-order chi connectivity index (χ1) is 9.77. The van der Waals surface area contributed by atoms with Gasteiger partial charge in [0.1, 0.15) is 0 Å². The molecule has 1 N–H and O–H groups in total. The van der Waals surface area contributed by atoms with Gasteiger partial charge >= 0.3 is 0 Å². The number of carbonyl (C=O) groups excluding carboxylic acids is 1. The van der Waals surface area contributed by atoms with Crippen LogP contribution in [-0.2, 0) is 9.47 Å². The summed E-state index contributed by atoms with van der Waals surface area (Å²) in [5, 5.41) is 3.31. The highest BCUT2D eigenvalue weighted by atomic mass is 35.5. The fourth-order valence-corrected chi connectivity index (χ4v) is 2.33. The third kappa shape index (κ3) is 4.78. The Morgan fingerprint density at radius 2 is 2.30 bits per heavy atom. The molecule has 1 amide bonds. The van der Waals surface area contributed by atoms with E-state index in [-0.39, 0.29) is 12.0 Å². The summed E-state index contributed by atoms with van der Waals surface area (Å²) < 4.78 is 11.0. The molecule has 2 rings (SSSR count). The second-order valence-corrected chi connectivity index (χ2v) is 5.21. The highest BCUT2D eigenvalue weighted by Gasteiger charge is 2.15. The van der Waals surface area contributed by atoms with Crippen LogP contribution in [0.25, 0.3) is 0 Å². The van der Waals surface area contributed by atoms with Gasteiger partial charge in [0.15, 0.2) is 0 Å². The molecule has 0 radical (unpaired) electrons. The molecule has 1 atom stereocenters. The predicted octanol–water partition coefficient (Wildman–Crippen LogP) is 2.66. The van der Waals surface area contributed by atoms with E-state index in [1.807, 2.05) is 0 Å². The largest absolute Gasteiger partial charge is 0.379 e. The van der Waals surface area contributed by atoms with Crippen molar-refractivity contribution in [2.24, 2.45) is 0 Å². The van der Waals surface area contributed by atoms with E-state index in [4.69, 9.17) is 21.1 Å². The monoisotopic (exact) mass is 297 g/mol. The molecule has 110 valence electrons. The van der Waals surface area contributed by atoms with Crippen molar-refractivity contribution in [3.8, 4) is 0 Å². The molecule has 1 unspecified atom stereocenters. The molecule has 1 heterocycles. The molecule has 5 heteroatoms. The Morgan fingerprint density at radius 3 is 3.05 bits per heavy atom. The van der Waals surface area contributed by atoms with E-state index < -0.39 is 0 Å². The number of benzene rings is 1. The first-order valence-corrected chi connectivity index (χ1v) is 7.37. The van der Waals surface area contributed by atoms with Gasteiger partial charge in [-0.1, -0.05) is 23.7 Å². The summed E-state index contributed by atoms with van der Waals surface area (Å²) in [5.74, 6) is -0.144. The summed E-state index contributed by atoms with van der Waals surface area (Å²) in [6.45, 7) is 2.71. The van der Waals surface area contributed by atoms with Crippen molar-refractivity contribution in [3.63, 3.8) is 0 Å². The number of hydrogen-bond donors (Lipinski definition) is 1. The molecular formula is C15H20ClNO3. The van der Waals surface area contributed by atoms with Gasteiger partial charge in [0.2, 0.25) is 0 Å². The summed E-state index contributed by atoms with van der Waals surface area (Å²) in [6, 6.07) is 7.02. The maximum Gasteiger partial charge on any atom is 0.252 e. The Hall–Kier alpha value is -1.10. The topological polar surface area (TPSA) is 47.6 Å². The van der Waals surface area contributed by atoms with Gasteiger partial charge in [0, 0.05) is 19.8 Å². The second-order valence-electron chi connectivity index (χ2n) is 4.80. The lowest BCUT2D eigenvalue weighted by atomic mass is 10.2. The standard InChI is InChI=1S/C15H20ClNO3/c16-14-7-2-1-6-13(14)15(18)17-8-4-9-19-11-12-5-3-10-20-12/h1-2,6-7,12H,3-5,8-11H2,(H,17,18). The molecule has 1 aromatic rings. The number of nitrogens with one attached hydrogen (secondary N) is 1. The lowest BCUT2D eigenvalue weighted by Crippen LogP contribution is -2.26. The number of ether oxygens (including phenoxy) is 2. The van der Waals surface area contributed by atoms with E-state index in [0.717, 1.165) is 25.9 Å². The molecule has 0 saturated carbocycles. The average Bonchev–Trinajstić information content (AvgIpc) is 2.96. The minimum atomic E-state index is -0.144. The molecule has 1 aliphatic heterocycles. The van der Waals surface area contributed by atoms with Crippen molar-refractivity contribution in [1.82, 2.24) is 5.32 Å². The molecule has 0 spiro atoms. The number of rotatable bonds is 7. The Morgan fingerprint density at radius 1 is 1.45 bits per heavy atom. The van der Waals surface area contributed by atoms with E-state index >= 15 is 0 Å². The van der Waals surface area contributed by atoms with E-state index in [2.05, 4.69) is 5.32 Å². The number of hydrogen-bond acceptors (Lipinski definition) is 3. The normalized spacial score (nSPS) is 18.1. The fourth-order valence-electron chi connectivity index (χ4n) is 2.11. The van der Waals surface area contributed by atoms with Crippen molar-refractivity contribution in [2.75, 3.05) is 26.4 Å². The maximum atomic E-state index is 11.9. The minimum Gasteiger partial charge on any atom is -0.379 e. The molecule has 1 aliphatic rings. The Kier molecular flexibility index (Phi) is 6.30. The van der Waals surface area contributed by atoms with E-state index in [1.54, 1.807) is 24.3 Å². The zero-order valence-corrected chi connectivity index (χ0v) is 12.2. The molecule has 0 aromatic heterocycles. The van der Waals surface area contributed by atoms with Crippen LogP contribution in [0.1, 0.15) is 29.6 Å². The third-order valence-electron chi connectivity index (χ3n) is 3.20. The van der Waals surface area contributed by atoms with Crippen LogP contribution in [0.5, 0.6) is 0 Å². The fraction of sp³-hybridized carbons (Fsp3) is 0.533. The number of amides is 1. The number of halogens is 1. The van der Waals surface area contributed by atoms with Crippen LogP contribution >= 0.6 is 11.6 Å². The van der Waals surface area contributed by atoms with Gasteiger partial charge in [0.25, 0.3) is 5.91 Å². The Labute approximate surface area is 124 Å². The third-order valence-corrected chi connectivity index (χ3v) is 3.53. The number of carbonyl (C=O) groups is 1. The van der Waals surface area contributed by atoms with Gasteiger partial charge in [-0.3, -0.25) is 4.79 Å². The SMILES string of the molecule is O=C(NCCCOCC1CCCO1)c1ccccc1Cl. The minimum absolute atomic E-state index is 0.144. The zero-order chi connectivity index (χ0) is 14.2. The van der Waals surface area contributed by atoms with Crippen LogP contribution in [-0.4, -0.2) is 38.4 Å². The molecule has 1 fully saturated rings. The van der Waals surface area contributed by atoms with Crippen LogP contribution < -0.4 is 5.32 Å². The van der Waals surface area contributed by atoms with Gasteiger partial charge in [-0.2, -0.15) is 0 Å². The molecule has 0 aliphatic carbocycles. The molecule has 4 nitrogen and oxygen atoms in total. The summed E-state index contributed by atoms with van der Waals surface area (Å²) in [7, 11) is 0. The Bertz CT molecular complexity index is 433. The van der Waals surface area contributed by atoms with Gasteiger partial charge in [-0.05, 0) is 31.4 Å². The second kappa shape index (κ2) is 8.25. The van der Waals surface area contributed by atoms with Crippen molar-refractivity contribution < 1.29 is 14.3 Å². The van der Waals surface area contributed by atoms with Gasteiger partial charge in [-0.25, -0.2) is 0 Å². The summed E-state index contributed by atoms with van der Waals surface area (Å²) >= 11 is 5.95. The van der Waals surface area contributed by atoms with Crippen LogP contribution in [0.2, 0.25) is 5.02 Å². The lowest BCUT2D eigenvalue weighted by molar-refractivity contribution is 0.0166. The first kappa shape index (κ1) is 15.3. The van der Waals surface area contributed by atoms with E-state index in [0.29, 0.717) is 30.3 Å². The molecule has 1 saturated heterocycles. The quantitative estimate of drug-likeness (QED) is 0.787. The Balaban J connectivity index is 1.56. The zero-order valence-electron chi connectivity index (χ0n) is 11.4. The van der Waals surface area contributed by atoms with Gasteiger partial charge < -0.3 is 14.8 Å². The summed E-state index contributed by atoms with van der Waals surface area (Å²) in [5.41, 5.74) is 0.509. The highest BCUT2D eigenvalue weighted by Crippen LogP contribution is 2.14. The maximum absolute atomic E-state index is 11.9.